The third-order valence-corrected chi connectivity index (χ3v) is 4.32. The molecule has 1 aromatic rings. The molecule has 2 rings (SSSR count). The molecule has 0 aromatic heterocycles. The first kappa shape index (κ1) is 16.7. The maximum atomic E-state index is 14.2. The number of carbonyl (C=O) groups excluding carboxylic acids is 1. The Kier molecular flexibility index (Phi) is 5.40. The summed E-state index contributed by atoms with van der Waals surface area (Å²) in [5.41, 5.74) is 7.26. The number of nitrogens with two attached hydrogens (primary N) is 1. The fourth-order valence-electron chi connectivity index (χ4n) is 2.84. The number of nitrogens with one attached hydrogen (secondary N) is 1. The molecule has 2 unspecified atom stereocenters. The van der Waals surface area contributed by atoms with E-state index in [1.54, 1.807) is 0 Å². The molecule has 0 fully saturated rings. The number of amides is 1. The van der Waals surface area contributed by atoms with Gasteiger partial charge in [0.15, 0.2) is 11.6 Å². The molecule has 0 radical (unpaired) electrons. The highest BCUT2D eigenvalue weighted by Gasteiger charge is 2.28. The smallest absolute Gasteiger partial charge is 0.223 e. The van der Waals surface area contributed by atoms with Crippen molar-refractivity contribution < 1.29 is 13.9 Å². The summed E-state index contributed by atoms with van der Waals surface area (Å²) in [5, 5.41) is 3.04. The van der Waals surface area contributed by atoms with Crippen LogP contribution in [0.4, 0.5) is 4.39 Å². The second kappa shape index (κ2) is 7.09. The lowest BCUT2D eigenvalue weighted by Crippen LogP contribution is -2.36. The Morgan fingerprint density at radius 2 is 2.14 bits per heavy atom. The predicted molar refractivity (Wildman–Crippen MR) is 84.1 cm³/mol. The zero-order valence-electron chi connectivity index (χ0n) is 13.5. The Balaban J connectivity index is 2.29. The SMILES string of the molecule is CCC(CC)C(=O)NC1CCOc2c(F)cc(C(C)N)cc21. The molecule has 1 amide bonds. The number of carbonyl (C=O) groups is 1. The van der Waals surface area contributed by atoms with E-state index in [2.05, 4.69) is 5.32 Å². The summed E-state index contributed by atoms with van der Waals surface area (Å²) in [4.78, 5) is 12.3. The van der Waals surface area contributed by atoms with Gasteiger partial charge in [0.25, 0.3) is 0 Å². The average Bonchev–Trinajstić information content (AvgIpc) is 2.49. The van der Waals surface area contributed by atoms with Crippen LogP contribution in [0.15, 0.2) is 12.1 Å². The molecule has 1 heterocycles. The molecule has 2 atom stereocenters. The van der Waals surface area contributed by atoms with Crippen LogP contribution in [0.5, 0.6) is 5.75 Å². The molecule has 1 aromatic carbocycles. The van der Waals surface area contributed by atoms with E-state index in [1.165, 1.54) is 6.07 Å². The van der Waals surface area contributed by atoms with Gasteiger partial charge in [-0.2, -0.15) is 0 Å². The molecule has 0 saturated carbocycles. The van der Waals surface area contributed by atoms with E-state index in [0.717, 1.165) is 12.8 Å². The van der Waals surface area contributed by atoms with Gasteiger partial charge in [0.05, 0.1) is 12.6 Å². The first-order valence-corrected chi connectivity index (χ1v) is 7.99. The Morgan fingerprint density at radius 3 is 2.73 bits per heavy atom. The van der Waals surface area contributed by atoms with Crippen molar-refractivity contribution in [1.29, 1.82) is 0 Å². The van der Waals surface area contributed by atoms with Crippen molar-refractivity contribution in [3.05, 3.63) is 29.1 Å². The summed E-state index contributed by atoms with van der Waals surface area (Å²) < 4.78 is 19.6. The van der Waals surface area contributed by atoms with Gasteiger partial charge in [-0.3, -0.25) is 4.79 Å². The lowest BCUT2D eigenvalue weighted by atomic mass is 9.94. The highest BCUT2D eigenvalue weighted by Crippen LogP contribution is 2.36. The number of hydrogen-bond acceptors (Lipinski definition) is 3. The maximum Gasteiger partial charge on any atom is 0.223 e. The molecule has 0 spiro atoms. The molecule has 1 aliphatic heterocycles. The van der Waals surface area contributed by atoms with Crippen LogP contribution in [0.2, 0.25) is 0 Å². The number of halogens is 1. The number of ether oxygens (including phenoxy) is 1. The fraction of sp³-hybridized carbons (Fsp3) is 0.588. The van der Waals surface area contributed by atoms with Crippen LogP contribution in [0, 0.1) is 11.7 Å². The zero-order chi connectivity index (χ0) is 16.3. The van der Waals surface area contributed by atoms with Crippen molar-refractivity contribution in [3.8, 4) is 5.75 Å². The first-order chi connectivity index (χ1) is 10.5. The Hall–Kier alpha value is -1.62. The van der Waals surface area contributed by atoms with Crippen LogP contribution in [0.1, 0.15) is 63.2 Å². The van der Waals surface area contributed by atoms with Gasteiger partial charge in [0.1, 0.15) is 0 Å². The van der Waals surface area contributed by atoms with Crippen LogP contribution < -0.4 is 15.8 Å². The standard InChI is InChI=1S/C17H25FN2O2/c1-4-11(5-2)17(21)20-15-6-7-22-16-13(15)8-12(10(3)19)9-14(16)18/h8-11,15H,4-7,19H2,1-3H3,(H,20,21). The molecule has 22 heavy (non-hydrogen) atoms. The van der Waals surface area contributed by atoms with E-state index in [4.69, 9.17) is 10.5 Å². The highest BCUT2D eigenvalue weighted by molar-refractivity contribution is 5.79. The molecular weight excluding hydrogens is 283 g/mol. The Bertz CT molecular complexity index is 542. The number of hydrogen-bond donors (Lipinski definition) is 2. The first-order valence-electron chi connectivity index (χ1n) is 7.99. The van der Waals surface area contributed by atoms with E-state index in [9.17, 15) is 9.18 Å². The lowest BCUT2D eigenvalue weighted by molar-refractivity contribution is -0.126. The molecule has 5 heteroatoms. The van der Waals surface area contributed by atoms with Crippen LogP contribution in [-0.2, 0) is 4.79 Å². The number of benzene rings is 1. The molecule has 0 saturated heterocycles. The summed E-state index contributed by atoms with van der Waals surface area (Å²) in [5.74, 6) is -0.154. The van der Waals surface area contributed by atoms with E-state index in [-0.39, 0.29) is 29.7 Å². The van der Waals surface area contributed by atoms with Gasteiger partial charge < -0.3 is 15.8 Å². The van der Waals surface area contributed by atoms with E-state index in [1.807, 2.05) is 26.8 Å². The molecule has 3 N–H and O–H groups in total. The molecular formula is C17H25FN2O2. The second-order valence-electron chi connectivity index (χ2n) is 5.92. The zero-order valence-corrected chi connectivity index (χ0v) is 13.5. The van der Waals surface area contributed by atoms with Gasteiger partial charge in [-0.05, 0) is 37.5 Å². The van der Waals surface area contributed by atoms with Gasteiger partial charge in [-0.25, -0.2) is 4.39 Å². The maximum absolute atomic E-state index is 14.2. The van der Waals surface area contributed by atoms with Crippen molar-refractivity contribution >= 4 is 5.91 Å². The predicted octanol–water partition coefficient (Wildman–Crippen LogP) is 3.22. The van der Waals surface area contributed by atoms with E-state index < -0.39 is 5.82 Å². The van der Waals surface area contributed by atoms with Gasteiger partial charge in [0, 0.05) is 23.9 Å². The lowest BCUT2D eigenvalue weighted by Gasteiger charge is -2.29. The van der Waals surface area contributed by atoms with Crippen LogP contribution >= 0.6 is 0 Å². The largest absolute Gasteiger partial charge is 0.490 e. The fourth-order valence-corrected chi connectivity index (χ4v) is 2.84. The quantitative estimate of drug-likeness (QED) is 0.878. The Labute approximate surface area is 131 Å². The minimum Gasteiger partial charge on any atom is -0.490 e. The van der Waals surface area contributed by atoms with E-state index >= 15 is 0 Å². The second-order valence-corrected chi connectivity index (χ2v) is 5.92. The molecule has 4 nitrogen and oxygen atoms in total. The summed E-state index contributed by atoms with van der Waals surface area (Å²) in [6.07, 6.45) is 2.24. The highest BCUT2D eigenvalue weighted by atomic mass is 19.1. The van der Waals surface area contributed by atoms with Gasteiger partial charge in [-0.1, -0.05) is 13.8 Å². The minimum atomic E-state index is -0.411. The summed E-state index contributed by atoms with van der Waals surface area (Å²) in [6, 6.07) is 2.77. The molecule has 1 aliphatic rings. The number of fused-ring (bicyclic) bond motifs is 1. The minimum absolute atomic E-state index is 0.00671. The van der Waals surface area contributed by atoms with Crippen LogP contribution in [0.25, 0.3) is 0 Å². The topological polar surface area (TPSA) is 64.3 Å². The molecule has 0 bridgehead atoms. The van der Waals surface area contributed by atoms with Crippen molar-refractivity contribution in [1.82, 2.24) is 5.32 Å². The third kappa shape index (κ3) is 3.40. The van der Waals surface area contributed by atoms with E-state index in [0.29, 0.717) is 24.2 Å². The normalized spacial score (nSPS) is 18.5. The van der Waals surface area contributed by atoms with Crippen molar-refractivity contribution in [2.24, 2.45) is 11.7 Å². The third-order valence-electron chi connectivity index (χ3n) is 4.32. The average molecular weight is 308 g/mol. The van der Waals surface area contributed by atoms with Crippen molar-refractivity contribution in [2.75, 3.05) is 6.61 Å². The molecule has 0 aliphatic carbocycles. The molecule has 122 valence electrons. The summed E-state index contributed by atoms with van der Waals surface area (Å²) >= 11 is 0. The van der Waals surface area contributed by atoms with Crippen molar-refractivity contribution in [3.63, 3.8) is 0 Å². The summed E-state index contributed by atoms with van der Waals surface area (Å²) in [6.45, 7) is 6.21. The van der Waals surface area contributed by atoms with Gasteiger partial charge in [0.2, 0.25) is 5.91 Å². The summed E-state index contributed by atoms with van der Waals surface area (Å²) in [7, 11) is 0. The monoisotopic (exact) mass is 308 g/mol. The van der Waals surface area contributed by atoms with Crippen LogP contribution in [-0.4, -0.2) is 12.5 Å². The van der Waals surface area contributed by atoms with Crippen molar-refractivity contribution in [2.45, 2.75) is 52.1 Å². The van der Waals surface area contributed by atoms with Gasteiger partial charge in [-0.15, -0.1) is 0 Å². The van der Waals surface area contributed by atoms with Gasteiger partial charge >= 0.3 is 0 Å². The Morgan fingerprint density at radius 1 is 1.45 bits per heavy atom. The number of rotatable bonds is 5. The van der Waals surface area contributed by atoms with Crippen LogP contribution in [0.3, 0.4) is 0 Å².